The molecule has 0 unspecified atom stereocenters. The van der Waals surface area contributed by atoms with E-state index in [1.165, 1.54) is 0 Å². The van der Waals surface area contributed by atoms with Gasteiger partial charge in [0.2, 0.25) is 5.91 Å². The SMILES string of the molecule is CC(C)[C@@H](N)C(=O)N1CC[C@]2(CC[C@H](C(=O)O)C2)C1. The van der Waals surface area contributed by atoms with Gasteiger partial charge in [0.15, 0.2) is 0 Å². The molecule has 1 aliphatic heterocycles. The lowest BCUT2D eigenvalue weighted by molar-refractivity contribution is -0.141. The number of amides is 1. The summed E-state index contributed by atoms with van der Waals surface area (Å²) in [7, 11) is 0. The molecule has 0 radical (unpaired) electrons. The molecular weight excluding hydrogens is 244 g/mol. The summed E-state index contributed by atoms with van der Waals surface area (Å²) in [6.45, 7) is 5.32. The van der Waals surface area contributed by atoms with Crippen LogP contribution in [0.25, 0.3) is 0 Å². The predicted octanol–water partition coefficient (Wildman–Crippen LogP) is 1.07. The number of carbonyl (C=O) groups excluding carboxylic acids is 1. The van der Waals surface area contributed by atoms with Crippen LogP contribution < -0.4 is 5.73 Å². The molecule has 2 fully saturated rings. The normalized spacial score (nSPS) is 32.2. The fraction of sp³-hybridized carbons (Fsp3) is 0.857. The van der Waals surface area contributed by atoms with Crippen molar-refractivity contribution < 1.29 is 14.7 Å². The van der Waals surface area contributed by atoms with Crippen LogP contribution in [0.5, 0.6) is 0 Å². The molecule has 1 spiro atoms. The zero-order chi connectivity index (χ0) is 14.2. The summed E-state index contributed by atoms with van der Waals surface area (Å²) in [5.41, 5.74) is 5.95. The Bertz CT molecular complexity index is 383. The van der Waals surface area contributed by atoms with Gasteiger partial charge in [0.05, 0.1) is 12.0 Å². The van der Waals surface area contributed by atoms with E-state index in [1.807, 2.05) is 18.7 Å². The van der Waals surface area contributed by atoms with Gasteiger partial charge in [-0.1, -0.05) is 13.8 Å². The highest BCUT2D eigenvalue weighted by atomic mass is 16.4. The molecule has 5 heteroatoms. The quantitative estimate of drug-likeness (QED) is 0.802. The van der Waals surface area contributed by atoms with Crippen molar-refractivity contribution in [2.75, 3.05) is 13.1 Å². The number of carboxylic acid groups (broad SMARTS) is 1. The Balaban J connectivity index is 1.97. The third-order valence-corrected chi connectivity index (χ3v) is 4.81. The topological polar surface area (TPSA) is 83.6 Å². The van der Waals surface area contributed by atoms with Crippen molar-refractivity contribution in [1.82, 2.24) is 4.90 Å². The fourth-order valence-electron chi connectivity index (χ4n) is 3.41. The molecule has 0 aromatic carbocycles. The summed E-state index contributed by atoms with van der Waals surface area (Å²) >= 11 is 0. The van der Waals surface area contributed by atoms with Crippen molar-refractivity contribution in [3.63, 3.8) is 0 Å². The zero-order valence-electron chi connectivity index (χ0n) is 11.8. The molecule has 2 aliphatic rings. The summed E-state index contributed by atoms with van der Waals surface area (Å²) in [5, 5.41) is 9.09. The average Bonchev–Trinajstić information content (AvgIpc) is 2.96. The molecule has 0 aromatic heterocycles. The van der Waals surface area contributed by atoms with Gasteiger partial charge in [-0.15, -0.1) is 0 Å². The number of carbonyl (C=O) groups is 2. The Morgan fingerprint density at radius 1 is 1.37 bits per heavy atom. The van der Waals surface area contributed by atoms with Crippen LogP contribution >= 0.6 is 0 Å². The Morgan fingerprint density at radius 2 is 2.05 bits per heavy atom. The second-order valence-electron chi connectivity index (χ2n) is 6.56. The van der Waals surface area contributed by atoms with E-state index in [0.29, 0.717) is 13.0 Å². The van der Waals surface area contributed by atoms with Gasteiger partial charge in [-0.2, -0.15) is 0 Å². The number of rotatable bonds is 3. The van der Waals surface area contributed by atoms with E-state index in [9.17, 15) is 9.59 Å². The smallest absolute Gasteiger partial charge is 0.306 e. The Kier molecular flexibility index (Phi) is 3.85. The second-order valence-corrected chi connectivity index (χ2v) is 6.56. The van der Waals surface area contributed by atoms with Crippen LogP contribution in [0.15, 0.2) is 0 Å². The minimum atomic E-state index is -0.694. The monoisotopic (exact) mass is 268 g/mol. The Morgan fingerprint density at radius 3 is 2.58 bits per heavy atom. The summed E-state index contributed by atoms with van der Waals surface area (Å²) < 4.78 is 0. The second kappa shape index (κ2) is 5.12. The Labute approximate surface area is 114 Å². The van der Waals surface area contributed by atoms with E-state index in [0.717, 1.165) is 25.8 Å². The van der Waals surface area contributed by atoms with E-state index in [-0.39, 0.29) is 23.2 Å². The van der Waals surface area contributed by atoms with Crippen molar-refractivity contribution in [2.24, 2.45) is 23.0 Å². The molecular formula is C14H24N2O3. The fourth-order valence-corrected chi connectivity index (χ4v) is 3.41. The van der Waals surface area contributed by atoms with E-state index >= 15 is 0 Å². The molecule has 108 valence electrons. The summed E-state index contributed by atoms with van der Waals surface area (Å²) in [5.74, 6) is -0.764. The summed E-state index contributed by atoms with van der Waals surface area (Å²) in [4.78, 5) is 25.1. The molecule has 0 bridgehead atoms. The minimum absolute atomic E-state index is 0.0191. The first-order valence-corrected chi connectivity index (χ1v) is 7.12. The molecule has 1 aliphatic carbocycles. The van der Waals surface area contributed by atoms with Gasteiger partial charge in [0.25, 0.3) is 0 Å². The van der Waals surface area contributed by atoms with Gasteiger partial charge in [0, 0.05) is 13.1 Å². The van der Waals surface area contributed by atoms with E-state index in [1.54, 1.807) is 0 Å². The number of aliphatic carboxylic acids is 1. The first-order valence-electron chi connectivity index (χ1n) is 7.12. The highest BCUT2D eigenvalue weighted by molar-refractivity contribution is 5.82. The predicted molar refractivity (Wildman–Crippen MR) is 71.4 cm³/mol. The lowest BCUT2D eigenvalue weighted by Crippen LogP contribution is -2.46. The van der Waals surface area contributed by atoms with Crippen LogP contribution in [0.1, 0.15) is 39.5 Å². The van der Waals surface area contributed by atoms with E-state index < -0.39 is 12.0 Å². The largest absolute Gasteiger partial charge is 0.481 e. The summed E-state index contributed by atoms with van der Waals surface area (Å²) in [6, 6.07) is -0.438. The first-order chi connectivity index (χ1) is 8.84. The van der Waals surface area contributed by atoms with Gasteiger partial charge in [-0.05, 0) is 37.0 Å². The lowest BCUT2D eigenvalue weighted by atomic mass is 9.84. The molecule has 1 heterocycles. The maximum Gasteiger partial charge on any atom is 0.306 e. The standard InChI is InChI=1S/C14H24N2O3/c1-9(2)11(15)12(17)16-6-5-14(8-16)4-3-10(7-14)13(18)19/h9-11H,3-8,15H2,1-2H3,(H,18,19)/t10-,11+,14-/m0/s1. The third kappa shape index (κ3) is 2.76. The van der Waals surface area contributed by atoms with Gasteiger partial charge in [-0.25, -0.2) is 0 Å². The molecule has 0 aromatic rings. The van der Waals surface area contributed by atoms with Crippen molar-refractivity contribution in [2.45, 2.75) is 45.6 Å². The van der Waals surface area contributed by atoms with Gasteiger partial charge in [-0.3, -0.25) is 9.59 Å². The number of likely N-dealkylation sites (tertiary alicyclic amines) is 1. The van der Waals surface area contributed by atoms with E-state index in [4.69, 9.17) is 10.8 Å². The van der Waals surface area contributed by atoms with Crippen molar-refractivity contribution >= 4 is 11.9 Å². The van der Waals surface area contributed by atoms with Crippen LogP contribution in [0.3, 0.4) is 0 Å². The third-order valence-electron chi connectivity index (χ3n) is 4.81. The molecule has 2 rings (SSSR count). The van der Waals surface area contributed by atoms with Crippen LogP contribution in [-0.4, -0.2) is 41.0 Å². The van der Waals surface area contributed by atoms with Gasteiger partial charge >= 0.3 is 5.97 Å². The van der Waals surface area contributed by atoms with Crippen LogP contribution in [0.2, 0.25) is 0 Å². The van der Waals surface area contributed by atoms with Crippen LogP contribution in [0.4, 0.5) is 0 Å². The number of hydrogen-bond acceptors (Lipinski definition) is 3. The number of nitrogens with zero attached hydrogens (tertiary/aromatic N) is 1. The highest BCUT2D eigenvalue weighted by Crippen LogP contribution is 2.48. The molecule has 19 heavy (non-hydrogen) atoms. The minimum Gasteiger partial charge on any atom is -0.481 e. The molecule has 5 nitrogen and oxygen atoms in total. The molecule has 3 N–H and O–H groups in total. The van der Waals surface area contributed by atoms with E-state index in [2.05, 4.69) is 0 Å². The molecule has 3 atom stereocenters. The first kappa shape index (κ1) is 14.3. The number of carboxylic acids is 1. The van der Waals surface area contributed by atoms with Crippen LogP contribution in [-0.2, 0) is 9.59 Å². The zero-order valence-corrected chi connectivity index (χ0v) is 11.8. The Hall–Kier alpha value is -1.10. The van der Waals surface area contributed by atoms with Crippen molar-refractivity contribution in [1.29, 1.82) is 0 Å². The van der Waals surface area contributed by atoms with Gasteiger partial charge in [0.1, 0.15) is 0 Å². The lowest BCUT2D eigenvalue weighted by Gasteiger charge is -2.26. The van der Waals surface area contributed by atoms with Gasteiger partial charge < -0.3 is 15.7 Å². The number of nitrogens with two attached hydrogens (primary N) is 1. The molecule has 1 amide bonds. The van der Waals surface area contributed by atoms with Crippen LogP contribution in [0, 0.1) is 17.3 Å². The van der Waals surface area contributed by atoms with Crippen molar-refractivity contribution in [3.05, 3.63) is 0 Å². The highest BCUT2D eigenvalue weighted by Gasteiger charge is 2.47. The molecule has 1 saturated heterocycles. The number of hydrogen-bond donors (Lipinski definition) is 2. The maximum absolute atomic E-state index is 12.2. The molecule has 1 saturated carbocycles. The summed E-state index contributed by atoms with van der Waals surface area (Å²) in [6.07, 6.45) is 3.30. The van der Waals surface area contributed by atoms with Crippen molar-refractivity contribution in [3.8, 4) is 0 Å². The maximum atomic E-state index is 12.2. The average molecular weight is 268 g/mol.